The number of nitrogens with one attached hydrogen (secondary N) is 1. The highest BCUT2D eigenvalue weighted by Gasteiger charge is 2.35. The van der Waals surface area contributed by atoms with Crippen LogP contribution >= 0.6 is 27.7 Å². The predicted molar refractivity (Wildman–Crippen MR) is 149 cm³/mol. The number of halogens is 1. The number of rotatable bonds is 11. The van der Waals surface area contributed by atoms with Gasteiger partial charge in [-0.15, -0.1) is 0 Å². The first-order valence-electron chi connectivity index (χ1n) is 11.8. The zero-order valence-electron chi connectivity index (χ0n) is 20.7. The topological polar surface area (TPSA) is 106 Å². The van der Waals surface area contributed by atoms with Gasteiger partial charge in [-0.2, -0.15) is 15.1 Å². The standard InChI is InChI=1S/C26H27BrN4O5S/c1-4-8-22-30-31-24(28)17(25(32)29-26(31)37-22)13-16-14-18(27)23(21(15-16)34-5-2)36-12-11-35-20-10-7-6-9-19(20)33-3/h6-7,9-10,13-15,28H,4-5,8,11-12H2,1-3H3/b17-13-,28-24?. The highest BCUT2D eigenvalue weighted by atomic mass is 79.9. The molecule has 0 fully saturated rings. The number of carbonyl (C=O) groups excluding carboxylic acids is 1. The third-order valence-corrected chi connectivity index (χ3v) is 6.82. The summed E-state index contributed by atoms with van der Waals surface area (Å²) in [6.45, 7) is 4.91. The van der Waals surface area contributed by atoms with Crippen molar-refractivity contribution in [3.8, 4) is 23.0 Å². The van der Waals surface area contributed by atoms with Gasteiger partial charge in [0.2, 0.25) is 5.17 Å². The Hall–Kier alpha value is -3.31. The number of aliphatic imine (C=N–C) groups is 1. The number of amides is 1. The molecule has 11 heteroatoms. The summed E-state index contributed by atoms with van der Waals surface area (Å²) in [5.74, 6) is 1.82. The van der Waals surface area contributed by atoms with Gasteiger partial charge in [0.05, 0.1) is 23.8 Å². The van der Waals surface area contributed by atoms with E-state index in [1.165, 1.54) is 16.8 Å². The molecule has 2 aromatic rings. The summed E-state index contributed by atoms with van der Waals surface area (Å²) in [6, 6.07) is 11.0. The molecule has 0 spiro atoms. The van der Waals surface area contributed by atoms with E-state index in [4.69, 9.17) is 24.4 Å². The van der Waals surface area contributed by atoms with Crippen LogP contribution in [0.3, 0.4) is 0 Å². The Morgan fingerprint density at radius 2 is 1.84 bits per heavy atom. The quantitative estimate of drug-likeness (QED) is 0.264. The molecule has 0 atom stereocenters. The van der Waals surface area contributed by atoms with Gasteiger partial charge in [-0.25, -0.2) is 0 Å². The average Bonchev–Trinajstić information content (AvgIpc) is 3.28. The van der Waals surface area contributed by atoms with E-state index in [0.29, 0.717) is 51.4 Å². The number of para-hydroxylation sites is 2. The molecule has 37 heavy (non-hydrogen) atoms. The van der Waals surface area contributed by atoms with Crippen LogP contribution in [0.25, 0.3) is 6.08 Å². The largest absolute Gasteiger partial charge is 0.493 e. The van der Waals surface area contributed by atoms with Crippen LogP contribution in [0.1, 0.15) is 32.3 Å². The predicted octanol–water partition coefficient (Wildman–Crippen LogP) is 5.73. The molecule has 2 aliphatic rings. The summed E-state index contributed by atoms with van der Waals surface area (Å²) >= 11 is 4.89. The first kappa shape index (κ1) is 26.7. The Morgan fingerprint density at radius 3 is 2.57 bits per heavy atom. The van der Waals surface area contributed by atoms with E-state index < -0.39 is 5.91 Å². The number of hydrogen-bond donors (Lipinski definition) is 1. The first-order valence-corrected chi connectivity index (χ1v) is 13.4. The lowest BCUT2D eigenvalue weighted by molar-refractivity contribution is -0.114. The van der Waals surface area contributed by atoms with Gasteiger partial charge in [0.15, 0.2) is 28.8 Å². The monoisotopic (exact) mass is 586 g/mol. The van der Waals surface area contributed by atoms with Crippen molar-refractivity contribution in [3.63, 3.8) is 0 Å². The van der Waals surface area contributed by atoms with Gasteiger partial charge >= 0.3 is 0 Å². The van der Waals surface area contributed by atoms with Gasteiger partial charge in [-0.05, 0) is 83.4 Å². The van der Waals surface area contributed by atoms with E-state index in [0.717, 1.165) is 17.9 Å². The number of nitrogens with zero attached hydrogens (tertiary/aromatic N) is 3. The number of carbonyl (C=O) groups is 1. The van der Waals surface area contributed by atoms with Crippen LogP contribution in [-0.2, 0) is 4.79 Å². The molecule has 1 amide bonds. The van der Waals surface area contributed by atoms with E-state index in [1.807, 2.05) is 31.2 Å². The van der Waals surface area contributed by atoms with E-state index in [1.54, 1.807) is 25.3 Å². The average molecular weight is 587 g/mol. The summed E-state index contributed by atoms with van der Waals surface area (Å²) in [6.07, 6.45) is 3.31. The second-order valence-corrected chi connectivity index (χ2v) is 9.77. The molecule has 2 heterocycles. The number of hydrogen-bond acceptors (Lipinski definition) is 8. The molecule has 2 aromatic carbocycles. The molecule has 9 nitrogen and oxygen atoms in total. The maximum atomic E-state index is 12.7. The Morgan fingerprint density at radius 1 is 1.08 bits per heavy atom. The van der Waals surface area contributed by atoms with Gasteiger partial charge in [0.25, 0.3) is 5.91 Å². The molecule has 0 saturated heterocycles. The van der Waals surface area contributed by atoms with Gasteiger partial charge in [0.1, 0.15) is 18.3 Å². The van der Waals surface area contributed by atoms with Crippen molar-refractivity contribution in [1.29, 1.82) is 5.41 Å². The van der Waals surface area contributed by atoms with Crippen LogP contribution in [0.2, 0.25) is 0 Å². The van der Waals surface area contributed by atoms with Crippen molar-refractivity contribution in [1.82, 2.24) is 5.01 Å². The summed E-state index contributed by atoms with van der Waals surface area (Å²) < 4.78 is 23.5. The molecule has 0 aliphatic carbocycles. The normalized spacial score (nSPS) is 15.9. The Balaban J connectivity index is 1.51. The summed E-state index contributed by atoms with van der Waals surface area (Å²) in [4.78, 5) is 16.9. The van der Waals surface area contributed by atoms with Crippen molar-refractivity contribution in [2.75, 3.05) is 26.9 Å². The maximum absolute atomic E-state index is 12.7. The van der Waals surface area contributed by atoms with Crippen LogP contribution in [-0.4, -0.2) is 53.9 Å². The first-order chi connectivity index (χ1) is 17.9. The van der Waals surface area contributed by atoms with E-state index in [9.17, 15) is 4.79 Å². The highest BCUT2D eigenvalue weighted by Crippen LogP contribution is 2.38. The Kier molecular flexibility index (Phi) is 8.88. The third-order valence-electron chi connectivity index (χ3n) is 5.26. The molecule has 0 saturated carbocycles. The van der Waals surface area contributed by atoms with E-state index >= 15 is 0 Å². The van der Waals surface area contributed by atoms with E-state index in [2.05, 4.69) is 32.9 Å². The fourth-order valence-electron chi connectivity index (χ4n) is 3.62. The lowest BCUT2D eigenvalue weighted by Gasteiger charge is -2.20. The third kappa shape index (κ3) is 6.16. The van der Waals surface area contributed by atoms with Crippen LogP contribution in [0.15, 0.2) is 56.5 Å². The van der Waals surface area contributed by atoms with Gasteiger partial charge in [0, 0.05) is 0 Å². The number of methoxy groups -OCH3 is 1. The molecular weight excluding hydrogens is 560 g/mol. The van der Waals surface area contributed by atoms with Crippen LogP contribution < -0.4 is 18.9 Å². The van der Waals surface area contributed by atoms with Crippen molar-refractivity contribution in [2.24, 2.45) is 10.1 Å². The van der Waals surface area contributed by atoms with Crippen LogP contribution in [0.4, 0.5) is 0 Å². The second-order valence-electron chi connectivity index (χ2n) is 7.87. The lowest BCUT2D eigenvalue weighted by atomic mass is 10.1. The molecule has 0 unspecified atom stereocenters. The minimum Gasteiger partial charge on any atom is -0.493 e. The lowest BCUT2D eigenvalue weighted by Crippen LogP contribution is -2.35. The number of ether oxygens (including phenoxy) is 4. The van der Waals surface area contributed by atoms with Gasteiger partial charge in [-0.1, -0.05) is 19.1 Å². The minimum atomic E-state index is -0.473. The summed E-state index contributed by atoms with van der Waals surface area (Å²) in [7, 11) is 1.59. The SMILES string of the molecule is CCCC1=NN2C(=N)/C(=C/c3cc(Br)c(OCCOc4ccccc4OC)c(OCC)c3)C(=O)N=C2S1. The number of thioether (sulfide) groups is 1. The van der Waals surface area contributed by atoms with Crippen LogP contribution in [0, 0.1) is 5.41 Å². The van der Waals surface area contributed by atoms with E-state index in [-0.39, 0.29) is 18.0 Å². The molecule has 2 aliphatic heterocycles. The number of hydrazone groups is 1. The van der Waals surface area contributed by atoms with Crippen molar-refractivity contribution < 1.29 is 23.7 Å². The smallest absolute Gasteiger partial charge is 0.283 e. The number of amidine groups is 2. The molecule has 194 valence electrons. The Bertz CT molecular complexity index is 1290. The van der Waals surface area contributed by atoms with Crippen LogP contribution in [0.5, 0.6) is 23.0 Å². The molecule has 0 radical (unpaired) electrons. The number of benzene rings is 2. The molecule has 0 bridgehead atoms. The van der Waals surface area contributed by atoms with Gasteiger partial charge in [-0.3, -0.25) is 10.2 Å². The molecule has 1 N–H and O–H groups in total. The highest BCUT2D eigenvalue weighted by molar-refractivity contribution is 9.10. The molecule has 4 rings (SSSR count). The molecule has 0 aromatic heterocycles. The Labute approximate surface area is 228 Å². The second kappa shape index (κ2) is 12.3. The number of fused-ring (bicyclic) bond motifs is 1. The zero-order chi connectivity index (χ0) is 26.4. The van der Waals surface area contributed by atoms with Crippen molar-refractivity contribution >= 4 is 55.7 Å². The fraction of sp³-hybridized carbons (Fsp3) is 0.308. The fourth-order valence-corrected chi connectivity index (χ4v) is 5.18. The minimum absolute atomic E-state index is 0.00324. The van der Waals surface area contributed by atoms with Crippen molar-refractivity contribution in [3.05, 3.63) is 52.0 Å². The summed E-state index contributed by atoms with van der Waals surface area (Å²) in [5.41, 5.74) is 0.809. The van der Waals surface area contributed by atoms with Gasteiger partial charge < -0.3 is 18.9 Å². The summed E-state index contributed by atoms with van der Waals surface area (Å²) in [5, 5.41) is 15.7. The zero-order valence-corrected chi connectivity index (χ0v) is 23.1. The molecular formula is C26H27BrN4O5S. The maximum Gasteiger partial charge on any atom is 0.283 e. The van der Waals surface area contributed by atoms with Crippen molar-refractivity contribution in [2.45, 2.75) is 26.7 Å².